The molecule has 0 saturated carbocycles. The van der Waals surface area contributed by atoms with Crippen LogP contribution in [-0.2, 0) is 4.79 Å². The molecule has 0 bridgehead atoms. The van der Waals surface area contributed by atoms with Gasteiger partial charge in [0.25, 0.3) is 0 Å². The number of aryl methyl sites for hydroxylation is 1. The van der Waals surface area contributed by atoms with Crippen molar-refractivity contribution in [2.24, 2.45) is 0 Å². The fourth-order valence-electron chi connectivity index (χ4n) is 1.47. The van der Waals surface area contributed by atoms with Gasteiger partial charge in [-0.05, 0) is 24.6 Å². The molecule has 1 atom stereocenters. The molecule has 0 amide bonds. The molecule has 1 aliphatic rings. The number of carboxylic acid groups (broad SMARTS) is 1. The maximum absolute atomic E-state index is 10.4. The summed E-state index contributed by atoms with van der Waals surface area (Å²) in [5, 5.41) is 8.52. The van der Waals surface area contributed by atoms with Crippen LogP contribution >= 0.6 is 0 Å². The Kier molecular flexibility index (Phi) is 2.49. The van der Waals surface area contributed by atoms with Crippen molar-refractivity contribution in [3.05, 3.63) is 23.8 Å². The van der Waals surface area contributed by atoms with E-state index in [1.165, 1.54) is 0 Å². The van der Waals surface area contributed by atoms with E-state index in [9.17, 15) is 4.79 Å². The van der Waals surface area contributed by atoms with Gasteiger partial charge in [0.05, 0.1) is 6.42 Å². The van der Waals surface area contributed by atoms with Gasteiger partial charge in [-0.15, -0.1) is 0 Å². The summed E-state index contributed by atoms with van der Waals surface area (Å²) in [6.45, 7) is 1.97. The molecule has 0 radical (unpaired) electrons. The van der Waals surface area contributed by atoms with Crippen LogP contribution in [0.4, 0.5) is 0 Å². The molecule has 1 heterocycles. The maximum atomic E-state index is 10.4. The van der Waals surface area contributed by atoms with E-state index in [1.807, 2.05) is 25.1 Å². The zero-order valence-electron chi connectivity index (χ0n) is 8.40. The van der Waals surface area contributed by atoms with Gasteiger partial charge in [-0.3, -0.25) is 4.79 Å². The van der Waals surface area contributed by atoms with E-state index < -0.39 is 12.3 Å². The molecule has 4 nitrogen and oxygen atoms in total. The summed E-state index contributed by atoms with van der Waals surface area (Å²) in [4.78, 5) is 10.4. The van der Waals surface area contributed by atoms with Crippen molar-refractivity contribution in [3.63, 3.8) is 0 Å². The second kappa shape index (κ2) is 3.81. The molecule has 1 aromatic rings. The second-order valence-corrected chi connectivity index (χ2v) is 3.55. The molecule has 15 heavy (non-hydrogen) atoms. The Bertz CT molecular complexity index is 386. The Balaban J connectivity index is 2.00. The van der Waals surface area contributed by atoms with Crippen molar-refractivity contribution >= 4 is 5.97 Å². The van der Waals surface area contributed by atoms with E-state index in [2.05, 4.69) is 0 Å². The third-order valence-corrected chi connectivity index (χ3v) is 2.21. The first-order valence-corrected chi connectivity index (χ1v) is 4.81. The quantitative estimate of drug-likeness (QED) is 0.824. The molecule has 80 valence electrons. The fraction of sp³-hybridized carbons (Fsp3) is 0.364. The maximum Gasteiger partial charge on any atom is 0.303 e. The molecule has 0 aliphatic carbocycles. The predicted octanol–water partition coefficient (Wildman–Crippen LogP) is 1.96. The van der Waals surface area contributed by atoms with Crippen LogP contribution in [0.3, 0.4) is 0 Å². The lowest BCUT2D eigenvalue weighted by Gasteiger charge is -2.07. The standard InChI is InChI=1S/C11H12O4/c1-7-2-3-8-9(6-7)15-11(14-8)5-4-10(12)13/h2-3,6,11H,4-5H2,1H3,(H,12,13). The van der Waals surface area contributed by atoms with Crippen molar-refractivity contribution in [1.29, 1.82) is 0 Å². The average molecular weight is 208 g/mol. The highest BCUT2D eigenvalue weighted by Crippen LogP contribution is 2.36. The SMILES string of the molecule is Cc1ccc2c(c1)OC(CCC(=O)O)O2. The molecule has 1 N–H and O–H groups in total. The smallest absolute Gasteiger partial charge is 0.303 e. The molecule has 0 fully saturated rings. The van der Waals surface area contributed by atoms with E-state index in [0.717, 1.165) is 5.56 Å². The van der Waals surface area contributed by atoms with Gasteiger partial charge >= 0.3 is 5.97 Å². The highest BCUT2D eigenvalue weighted by atomic mass is 16.7. The molecular formula is C11H12O4. The Morgan fingerprint density at radius 1 is 1.40 bits per heavy atom. The molecule has 1 unspecified atom stereocenters. The molecule has 0 saturated heterocycles. The highest BCUT2D eigenvalue weighted by Gasteiger charge is 2.24. The summed E-state index contributed by atoms with van der Waals surface area (Å²) in [6.07, 6.45) is -0.0429. The van der Waals surface area contributed by atoms with Gasteiger partial charge in [-0.2, -0.15) is 0 Å². The Morgan fingerprint density at radius 2 is 2.13 bits per heavy atom. The van der Waals surface area contributed by atoms with Gasteiger partial charge in [0.1, 0.15) is 0 Å². The van der Waals surface area contributed by atoms with E-state index >= 15 is 0 Å². The summed E-state index contributed by atoms with van der Waals surface area (Å²) in [6, 6.07) is 5.66. The van der Waals surface area contributed by atoms with Crippen LogP contribution in [0.5, 0.6) is 11.5 Å². The molecule has 1 aromatic carbocycles. The molecule has 0 spiro atoms. The van der Waals surface area contributed by atoms with Crippen molar-refractivity contribution < 1.29 is 19.4 Å². The van der Waals surface area contributed by atoms with Crippen LogP contribution in [0.25, 0.3) is 0 Å². The number of hydrogen-bond donors (Lipinski definition) is 1. The largest absolute Gasteiger partial charge is 0.481 e. The number of carboxylic acids is 1. The lowest BCUT2D eigenvalue weighted by Crippen LogP contribution is -2.19. The second-order valence-electron chi connectivity index (χ2n) is 3.55. The van der Waals surface area contributed by atoms with Crippen molar-refractivity contribution in [2.75, 3.05) is 0 Å². The van der Waals surface area contributed by atoms with Crippen LogP contribution < -0.4 is 9.47 Å². The minimum atomic E-state index is -0.839. The number of benzene rings is 1. The highest BCUT2D eigenvalue weighted by molar-refractivity contribution is 5.66. The van der Waals surface area contributed by atoms with Gasteiger partial charge in [-0.25, -0.2) is 0 Å². The summed E-state index contributed by atoms with van der Waals surface area (Å²) >= 11 is 0. The Morgan fingerprint density at radius 3 is 2.87 bits per heavy atom. The van der Waals surface area contributed by atoms with Gasteiger partial charge in [-0.1, -0.05) is 6.07 Å². The van der Waals surface area contributed by atoms with E-state index in [4.69, 9.17) is 14.6 Å². The zero-order chi connectivity index (χ0) is 10.8. The van der Waals surface area contributed by atoms with Gasteiger partial charge in [0.15, 0.2) is 11.5 Å². The van der Waals surface area contributed by atoms with Crippen LogP contribution in [0.2, 0.25) is 0 Å². The van der Waals surface area contributed by atoms with Crippen LogP contribution in [0.15, 0.2) is 18.2 Å². The van der Waals surface area contributed by atoms with E-state index in [-0.39, 0.29) is 6.42 Å². The molecule has 1 aliphatic heterocycles. The topological polar surface area (TPSA) is 55.8 Å². The van der Waals surface area contributed by atoms with Crippen molar-refractivity contribution in [3.8, 4) is 11.5 Å². The first kappa shape index (κ1) is 9.83. The zero-order valence-corrected chi connectivity index (χ0v) is 8.40. The molecule has 4 heteroatoms. The third kappa shape index (κ3) is 2.21. The number of ether oxygens (including phenoxy) is 2. The number of fused-ring (bicyclic) bond motifs is 1. The minimum Gasteiger partial charge on any atom is -0.481 e. The summed E-state index contributed by atoms with van der Waals surface area (Å²) < 4.78 is 10.9. The van der Waals surface area contributed by atoms with Crippen LogP contribution in [0.1, 0.15) is 18.4 Å². The number of hydrogen-bond acceptors (Lipinski definition) is 3. The van der Waals surface area contributed by atoms with E-state index in [0.29, 0.717) is 17.9 Å². The van der Waals surface area contributed by atoms with Gasteiger partial charge < -0.3 is 14.6 Å². The van der Waals surface area contributed by atoms with Crippen LogP contribution in [-0.4, -0.2) is 17.4 Å². The summed E-state index contributed by atoms with van der Waals surface area (Å²) in [5.41, 5.74) is 1.09. The van der Waals surface area contributed by atoms with Crippen molar-refractivity contribution in [1.82, 2.24) is 0 Å². The molecule has 2 rings (SSSR count). The number of aliphatic carboxylic acids is 1. The van der Waals surface area contributed by atoms with Crippen molar-refractivity contribution in [2.45, 2.75) is 26.1 Å². The van der Waals surface area contributed by atoms with E-state index in [1.54, 1.807) is 0 Å². The number of carbonyl (C=O) groups is 1. The first-order valence-electron chi connectivity index (χ1n) is 4.81. The minimum absolute atomic E-state index is 0.0532. The average Bonchev–Trinajstić information content (AvgIpc) is 2.56. The molecular weight excluding hydrogens is 196 g/mol. The third-order valence-electron chi connectivity index (χ3n) is 2.21. The number of rotatable bonds is 3. The predicted molar refractivity (Wildman–Crippen MR) is 53.1 cm³/mol. The lowest BCUT2D eigenvalue weighted by atomic mass is 10.2. The normalized spacial score (nSPS) is 17.8. The first-order chi connectivity index (χ1) is 7.15. The summed E-state index contributed by atoms with van der Waals surface area (Å²) in [7, 11) is 0. The Labute approximate surface area is 87.4 Å². The van der Waals surface area contributed by atoms with Crippen LogP contribution in [0, 0.1) is 6.92 Å². The lowest BCUT2D eigenvalue weighted by molar-refractivity contribution is -0.138. The summed E-state index contributed by atoms with van der Waals surface area (Å²) in [5.74, 6) is 0.552. The Hall–Kier alpha value is -1.71. The van der Waals surface area contributed by atoms with Gasteiger partial charge in [0, 0.05) is 6.42 Å². The van der Waals surface area contributed by atoms with Gasteiger partial charge in [0.2, 0.25) is 6.29 Å². The molecule has 0 aromatic heterocycles. The monoisotopic (exact) mass is 208 g/mol. The fourth-order valence-corrected chi connectivity index (χ4v) is 1.47.